The van der Waals surface area contributed by atoms with Gasteiger partial charge in [-0.2, -0.15) is 0 Å². The van der Waals surface area contributed by atoms with E-state index in [1.165, 1.54) is 0 Å². The molecule has 2 atom stereocenters. The van der Waals surface area contributed by atoms with Gasteiger partial charge in [0.2, 0.25) is 0 Å². The van der Waals surface area contributed by atoms with Crippen LogP contribution < -0.4 is 5.73 Å². The van der Waals surface area contributed by atoms with Crippen molar-refractivity contribution in [1.82, 2.24) is 0 Å². The molecule has 0 spiro atoms. The molecule has 0 radical (unpaired) electrons. The van der Waals surface area contributed by atoms with Crippen molar-refractivity contribution in [3.8, 4) is 0 Å². The molecule has 0 amide bonds. The van der Waals surface area contributed by atoms with Gasteiger partial charge in [0.05, 0.1) is 12.7 Å². The molecular formula is C15H23NO3. The van der Waals surface area contributed by atoms with E-state index in [1.54, 1.807) is 0 Å². The number of benzene rings is 1. The van der Waals surface area contributed by atoms with Gasteiger partial charge in [-0.05, 0) is 25.8 Å². The minimum absolute atomic E-state index is 0.100. The Kier molecular flexibility index (Phi) is 7.15. The normalized spacial score (nSPS) is 13.8. The molecular weight excluding hydrogens is 242 g/mol. The van der Waals surface area contributed by atoms with E-state index in [2.05, 4.69) is 0 Å². The van der Waals surface area contributed by atoms with Gasteiger partial charge in [0, 0.05) is 13.0 Å². The molecule has 19 heavy (non-hydrogen) atoms. The maximum atomic E-state index is 11.7. The van der Waals surface area contributed by atoms with E-state index in [-0.39, 0.29) is 12.1 Å². The van der Waals surface area contributed by atoms with E-state index in [1.807, 2.05) is 44.2 Å². The lowest BCUT2D eigenvalue weighted by atomic mass is 10.1. The zero-order valence-corrected chi connectivity index (χ0v) is 11.7. The standard InChI is InChI=1S/C15H23NO3/c1-3-18-12(2)9-10-19-15(17)14(16)11-13-7-5-4-6-8-13/h4-8,12,14H,3,9-11,16H2,1-2H3. The first-order valence-electron chi connectivity index (χ1n) is 6.71. The second-order valence-corrected chi connectivity index (χ2v) is 4.52. The van der Waals surface area contributed by atoms with Crippen LogP contribution in [0, 0.1) is 0 Å². The number of esters is 1. The Labute approximate surface area is 114 Å². The molecule has 1 rings (SSSR count). The average Bonchev–Trinajstić information content (AvgIpc) is 2.40. The molecule has 0 aliphatic heterocycles. The van der Waals surface area contributed by atoms with Crippen molar-refractivity contribution in [2.45, 2.75) is 38.8 Å². The van der Waals surface area contributed by atoms with E-state index in [0.29, 0.717) is 26.1 Å². The van der Waals surface area contributed by atoms with Crippen LogP contribution in [0.5, 0.6) is 0 Å². The van der Waals surface area contributed by atoms with Crippen LogP contribution in [-0.2, 0) is 20.7 Å². The fraction of sp³-hybridized carbons (Fsp3) is 0.533. The lowest BCUT2D eigenvalue weighted by molar-refractivity contribution is -0.146. The second kappa shape index (κ2) is 8.67. The minimum Gasteiger partial charge on any atom is -0.464 e. The highest BCUT2D eigenvalue weighted by Gasteiger charge is 2.15. The summed E-state index contributed by atoms with van der Waals surface area (Å²) in [4.78, 5) is 11.7. The first-order valence-corrected chi connectivity index (χ1v) is 6.71. The summed E-state index contributed by atoms with van der Waals surface area (Å²) in [6.45, 7) is 4.92. The monoisotopic (exact) mass is 265 g/mol. The summed E-state index contributed by atoms with van der Waals surface area (Å²) in [7, 11) is 0. The molecule has 0 aliphatic rings. The largest absolute Gasteiger partial charge is 0.464 e. The molecule has 1 aromatic rings. The van der Waals surface area contributed by atoms with Crippen molar-refractivity contribution in [3.63, 3.8) is 0 Å². The van der Waals surface area contributed by atoms with Crippen molar-refractivity contribution in [3.05, 3.63) is 35.9 Å². The van der Waals surface area contributed by atoms with Gasteiger partial charge < -0.3 is 15.2 Å². The SMILES string of the molecule is CCOC(C)CCOC(=O)C(N)Cc1ccccc1. The van der Waals surface area contributed by atoms with Crippen molar-refractivity contribution in [2.75, 3.05) is 13.2 Å². The Balaban J connectivity index is 2.25. The van der Waals surface area contributed by atoms with Crippen molar-refractivity contribution in [1.29, 1.82) is 0 Å². The van der Waals surface area contributed by atoms with Gasteiger partial charge in [-0.25, -0.2) is 0 Å². The highest BCUT2D eigenvalue weighted by molar-refractivity contribution is 5.75. The number of ether oxygens (including phenoxy) is 2. The van der Waals surface area contributed by atoms with Crippen LogP contribution in [0.25, 0.3) is 0 Å². The molecule has 0 aromatic heterocycles. The summed E-state index contributed by atoms with van der Waals surface area (Å²) in [6.07, 6.45) is 1.29. The fourth-order valence-electron chi connectivity index (χ4n) is 1.75. The molecule has 0 saturated carbocycles. The fourth-order valence-corrected chi connectivity index (χ4v) is 1.75. The zero-order valence-electron chi connectivity index (χ0n) is 11.7. The Morgan fingerprint density at radius 3 is 2.63 bits per heavy atom. The van der Waals surface area contributed by atoms with Crippen LogP contribution in [0.1, 0.15) is 25.8 Å². The summed E-state index contributed by atoms with van der Waals surface area (Å²) in [5.74, 6) is -0.354. The molecule has 0 bridgehead atoms. The van der Waals surface area contributed by atoms with E-state index in [0.717, 1.165) is 5.56 Å². The molecule has 4 heteroatoms. The summed E-state index contributed by atoms with van der Waals surface area (Å²) >= 11 is 0. The van der Waals surface area contributed by atoms with E-state index >= 15 is 0 Å². The maximum absolute atomic E-state index is 11.7. The lowest BCUT2D eigenvalue weighted by Crippen LogP contribution is -2.34. The maximum Gasteiger partial charge on any atom is 0.323 e. The Hall–Kier alpha value is -1.39. The molecule has 0 fully saturated rings. The number of carbonyl (C=O) groups is 1. The molecule has 1 aromatic carbocycles. The first kappa shape index (κ1) is 15.7. The summed E-state index contributed by atoms with van der Waals surface area (Å²) in [5, 5.41) is 0. The number of hydrogen-bond donors (Lipinski definition) is 1. The number of nitrogens with two attached hydrogens (primary N) is 1. The Morgan fingerprint density at radius 2 is 2.00 bits per heavy atom. The first-order chi connectivity index (χ1) is 9.13. The minimum atomic E-state index is -0.607. The van der Waals surface area contributed by atoms with Crippen LogP contribution in [0.3, 0.4) is 0 Å². The topological polar surface area (TPSA) is 61.5 Å². The van der Waals surface area contributed by atoms with Crippen LogP contribution in [0.15, 0.2) is 30.3 Å². The quantitative estimate of drug-likeness (QED) is 0.729. The molecule has 0 aliphatic carbocycles. The molecule has 2 N–H and O–H groups in total. The van der Waals surface area contributed by atoms with Crippen LogP contribution >= 0.6 is 0 Å². The highest BCUT2D eigenvalue weighted by Crippen LogP contribution is 2.04. The van der Waals surface area contributed by atoms with Gasteiger partial charge in [0.1, 0.15) is 6.04 Å². The smallest absolute Gasteiger partial charge is 0.323 e. The third-order valence-corrected chi connectivity index (χ3v) is 2.82. The predicted molar refractivity (Wildman–Crippen MR) is 74.8 cm³/mol. The van der Waals surface area contributed by atoms with Gasteiger partial charge in [-0.3, -0.25) is 4.79 Å². The number of rotatable bonds is 8. The molecule has 0 heterocycles. The van der Waals surface area contributed by atoms with Gasteiger partial charge >= 0.3 is 5.97 Å². The number of hydrogen-bond acceptors (Lipinski definition) is 4. The van der Waals surface area contributed by atoms with Gasteiger partial charge in [0.15, 0.2) is 0 Å². The molecule has 4 nitrogen and oxygen atoms in total. The summed E-state index contributed by atoms with van der Waals surface area (Å²) < 4.78 is 10.5. The van der Waals surface area contributed by atoms with Gasteiger partial charge in [-0.1, -0.05) is 30.3 Å². The highest BCUT2D eigenvalue weighted by atomic mass is 16.5. The van der Waals surface area contributed by atoms with Crippen LogP contribution in [-0.4, -0.2) is 31.3 Å². The van der Waals surface area contributed by atoms with E-state index in [9.17, 15) is 4.79 Å². The second-order valence-electron chi connectivity index (χ2n) is 4.52. The summed E-state index contributed by atoms with van der Waals surface area (Å²) in [5.41, 5.74) is 6.86. The molecule has 0 saturated heterocycles. The average molecular weight is 265 g/mol. The third kappa shape index (κ3) is 6.36. The van der Waals surface area contributed by atoms with Crippen molar-refractivity contribution in [2.24, 2.45) is 5.73 Å². The van der Waals surface area contributed by atoms with Gasteiger partial charge in [-0.15, -0.1) is 0 Å². The molecule has 2 unspecified atom stereocenters. The summed E-state index contributed by atoms with van der Waals surface area (Å²) in [6, 6.07) is 9.08. The van der Waals surface area contributed by atoms with Crippen LogP contribution in [0.2, 0.25) is 0 Å². The molecule has 106 valence electrons. The Morgan fingerprint density at radius 1 is 1.32 bits per heavy atom. The lowest BCUT2D eigenvalue weighted by Gasteiger charge is -2.14. The van der Waals surface area contributed by atoms with Gasteiger partial charge in [0.25, 0.3) is 0 Å². The van der Waals surface area contributed by atoms with Crippen molar-refractivity contribution >= 4 is 5.97 Å². The van der Waals surface area contributed by atoms with E-state index < -0.39 is 6.04 Å². The predicted octanol–water partition coefficient (Wildman–Crippen LogP) is 1.91. The third-order valence-electron chi connectivity index (χ3n) is 2.82. The Bertz CT molecular complexity index is 367. The van der Waals surface area contributed by atoms with E-state index in [4.69, 9.17) is 15.2 Å². The zero-order chi connectivity index (χ0) is 14.1. The van der Waals surface area contributed by atoms with Crippen molar-refractivity contribution < 1.29 is 14.3 Å². The van der Waals surface area contributed by atoms with Crippen LogP contribution in [0.4, 0.5) is 0 Å². The number of carbonyl (C=O) groups excluding carboxylic acids is 1.